The molecule has 1 aromatic rings. The molecule has 2 N–H and O–H groups in total. The second kappa shape index (κ2) is 6.89. The van der Waals surface area contributed by atoms with E-state index in [4.69, 9.17) is 9.84 Å². The number of rotatable bonds is 6. The highest BCUT2D eigenvalue weighted by molar-refractivity contribution is 9.10. The molecule has 0 bridgehead atoms. The molecule has 0 radical (unpaired) electrons. The maximum atomic E-state index is 8.90. The number of hydrogen-bond acceptors (Lipinski definition) is 3. The molecule has 0 heterocycles. The van der Waals surface area contributed by atoms with Gasteiger partial charge in [-0.2, -0.15) is 0 Å². The summed E-state index contributed by atoms with van der Waals surface area (Å²) in [5.41, 5.74) is 1.12. The molecule has 1 aromatic carbocycles. The summed E-state index contributed by atoms with van der Waals surface area (Å²) in [5.74, 6) is 1.15. The summed E-state index contributed by atoms with van der Waals surface area (Å²) < 4.78 is 6.30. The first-order chi connectivity index (χ1) is 7.67. The molecule has 0 amide bonds. The quantitative estimate of drug-likeness (QED) is 0.843. The predicted molar refractivity (Wildman–Crippen MR) is 68.7 cm³/mol. The Balaban J connectivity index is 2.53. The Kier molecular flexibility index (Phi) is 5.80. The van der Waals surface area contributed by atoms with Crippen LogP contribution in [-0.2, 0) is 6.54 Å². The van der Waals surface area contributed by atoms with E-state index in [2.05, 4.69) is 21.2 Å². The molecule has 16 heavy (non-hydrogen) atoms. The average Bonchev–Trinajstić information content (AvgIpc) is 2.30. The molecule has 0 aliphatic heterocycles. The van der Waals surface area contributed by atoms with Crippen LogP contribution in [0, 0.1) is 5.92 Å². The normalized spacial score (nSPS) is 12.5. The third-order valence-electron chi connectivity index (χ3n) is 2.37. The van der Waals surface area contributed by atoms with Gasteiger partial charge in [0.15, 0.2) is 0 Å². The van der Waals surface area contributed by atoms with Crippen LogP contribution in [0.3, 0.4) is 0 Å². The largest absolute Gasteiger partial charge is 0.496 e. The zero-order valence-corrected chi connectivity index (χ0v) is 11.3. The van der Waals surface area contributed by atoms with Gasteiger partial charge < -0.3 is 15.2 Å². The van der Waals surface area contributed by atoms with Crippen LogP contribution < -0.4 is 10.1 Å². The summed E-state index contributed by atoms with van der Waals surface area (Å²) in [5, 5.41) is 12.2. The predicted octanol–water partition coefficient (Wildman–Crippen LogP) is 2.18. The molecule has 1 rings (SSSR count). The van der Waals surface area contributed by atoms with Crippen LogP contribution in [0.25, 0.3) is 0 Å². The van der Waals surface area contributed by atoms with Crippen LogP contribution in [0.2, 0.25) is 0 Å². The summed E-state index contributed by atoms with van der Waals surface area (Å²) in [6, 6.07) is 5.97. The Morgan fingerprint density at radius 2 is 2.25 bits per heavy atom. The first kappa shape index (κ1) is 13.5. The summed E-state index contributed by atoms with van der Waals surface area (Å²) >= 11 is 3.41. The van der Waals surface area contributed by atoms with E-state index in [1.165, 1.54) is 0 Å². The minimum absolute atomic E-state index is 0.213. The first-order valence-corrected chi connectivity index (χ1v) is 6.10. The third-order valence-corrected chi connectivity index (χ3v) is 2.86. The molecule has 3 nitrogen and oxygen atoms in total. The number of aliphatic hydroxyl groups is 1. The van der Waals surface area contributed by atoms with Gasteiger partial charge >= 0.3 is 0 Å². The number of aliphatic hydroxyl groups excluding tert-OH is 1. The van der Waals surface area contributed by atoms with Gasteiger partial charge in [0.1, 0.15) is 5.75 Å². The van der Waals surface area contributed by atoms with Crippen molar-refractivity contribution in [2.24, 2.45) is 5.92 Å². The molecule has 0 aromatic heterocycles. The molecule has 0 aliphatic rings. The molecule has 0 unspecified atom stereocenters. The fourth-order valence-corrected chi connectivity index (χ4v) is 1.72. The molecular formula is C12H18BrNO2. The lowest BCUT2D eigenvalue weighted by Crippen LogP contribution is -2.22. The molecule has 0 spiro atoms. The SMILES string of the molecule is COc1cc(Br)ccc1CNC[C@@H](C)CO. The van der Waals surface area contributed by atoms with E-state index >= 15 is 0 Å². The molecule has 4 heteroatoms. The van der Waals surface area contributed by atoms with E-state index in [0.29, 0.717) is 0 Å². The Hall–Kier alpha value is -0.580. The first-order valence-electron chi connectivity index (χ1n) is 5.31. The van der Waals surface area contributed by atoms with Crippen LogP contribution in [0.4, 0.5) is 0 Å². The molecule has 1 atom stereocenters. The Morgan fingerprint density at radius 3 is 2.88 bits per heavy atom. The highest BCUT2D eigenvalue weighted by atomic mass is 79.9. The van der Waals surface area contributed by atoms with Gasteiger partial charge in [-0.15, -0.1) is 0 Å². The summed E-state index contributed by atoms with van der Waals surface area (Å²) in [4.78, 5) is 0. The van der Waals surface area contributed by atoms with Gasteiger partial charge in [-0.25, -0.2) is 0 Å². The van der Waals surface area contributed by atoms with Crippen molar-refractivity contribution in [2.75, 3.05) is 20.3 Å². The Morgan fingerprint density at radius 1 is 1.50 bits per heavy atom. The lowest BCUT2D eigenvalue weighted by molar-refractivity contribution is 0.233. The molecule has 0 saturated carbocycles. The second-order valence-electron chi connectivity index (χ2n) is 3.87. The number of ether oxygens (including phenoxy) is 1. The minimum Gasteiger partial charge on any atom is -0.496 e. The Labute approximate surface area is 105 Å². The number of halogens is 1. The van der Waals surface area contributed by atoms with E-state index < -0.39 is 0 Å². The van der Waals surface area contributed by atoms with Crippen LogP contribution in [0.5, 0.6) is 5.75 Å². The minimum atomic E-state index is 0.213. The molecule has 0 saturated heterocycles. The van der Waals surface area contributed by atoms with Crippen molar-refractivity contribution in [1.29, 1.82) is 0 Å². The van der Waals surface area contributed by atoms with Gasteiger partial charge in [0, 0.05) is 29.7 Å². The Bertz CT molecular complexity index is 331. The fourth-order valence-electron chi connectivity index (χ4n) is 1.38. The van der Waals surface area contributed by atoms with Crippen LogP contribution in [0.15, 0.2) is 22.7 Å². The summed E-state index contributed by atoms with van der Waals surface area (Å²) in [7, 11) is 1.67. The average molecular weight is 288 g/mol. The standard InChI is InChI=1S/C12H18BrNO2/c1-9(8-15)6-14-7-10-3-4-11(13)5-12(10)16-2/h3-5,9,14-15H,6-8H2,1-2H3/t9-/m1/s1. The van der Waals surface area contributed by atoms with E-state index in [1.807, 2.05) is 25.1 Å². The maximum Gasteiger partial charge on any atom is 0.124 e. The van der Waals surface area contributed by atoms with E-state index in [9.17, 15) is 0 Å². The van der Waals surface area contributed by atoms with Crippen molar-refractivity contribution in [1.82, 2.24) is 5.32 Å². The van der Waals surface area contributed by atoms with Gasteiger partial charge in [-0.1, -0.05) is 28.9 Å². The van der Waals surface area contributed by atoms with Crippen molar-refractivity contribution in [2.45, 2.75) is 13.5 Å². The molecule has 0 fully saturated rings. The molecule has 0 aliphatic carbocycles. The van der Waals surface area contributed by atoms with Gasteiger partial charge in [0.25, 0.3) is 0 Å². The fraction of sp³-hybridized carbons (Fsp3) is 0.500. The van der Waals surface area contributed by atoms with Gasteiger partial charge in [0.2, 0.25) is 0 Å². The van der Waals surface area contributed by atoms with Crippen LogP contribution >= 0.6 is 15.9 Å². The molecule has 90 valence electrons. The smallest absolute Gasteiger partial charge is 0.124 e. The van der Waals surface area contributed by atoms with Gasteiger partial charge in [0.05, 0.1) is 7.11 Å². The van der Waals surface area contributed by atoms with Gasteiger partial charge in [-0.05, 0) is 18.1 Å². The van der Waals surface area contributed by atoms with Crippen molar-refractivity contribution in [3.63, 3.8) is 0 Å². The number of methoxy groups -OCH3 is 1. The second-order valence-corrected chi connectivity index (χ2v) is 4.79. The summed E-state index contributed by atoms with van der Waals surface area (Å²) in [6.45, 7) is 3.77. The van der Waals surface area contributed by atoms with Crippen LogP contribution in [0.1, 0.15) is 12.5 Å². The monoisotopic (exact) mass is 287 g/mol. The highest BCUT2D eigenvalue weighted by Crippen LogP contribution is 2.23. The maximum absolute atomic E-state index is 8.90. The summed E-state index contributed by atoms with van der Waals surface area (Å²) in [6.07, 6.45) is 0. The van der Waals surface area contributed by atoms with E-state index in [-0.39, 0.29) is 12.5 Å². The topological polar surface area (TPSA) is 41.5 Å². The van der Waals surface area contributed by atoms with Crippen molar-refractivity contribution in [3.05, 3.63) is 28.2 Å². The third kappa shape index (κ3) is 4.12. The molecular weight excluding hydrogens is 270 g/mol. The zero-order valence-electron chi connectivity index (χ0n) is 9.66. The highest BCUT2D eigenvalue weighted by Gasteiger charge is 2.04. The van der Waals surface area contributed by atoms with Crippen molar-refractivity contribution < 1.29 is 9.84 Å². The van der Waals surface area contributed by atoms with Crippen LogP contribution in [-0.4, -0.2) is 25.4 Å². The van der Waals surface area contributed by atoms with Gasteiger partial charge in [-0.3, -0.25) is 0 Å². The number of hydrogen-bond donors (Lipinski definition) is 2. The van der Waals surface area contributed by atoms with E-state index in [0.717, 1.165) is 28.9 Å². The lowest BCUT2D eigenvalue weighted by atomic mass is 10.1. The van der Waals surface area contributed by atoms with Crippen molar-refractivity contribution in [3.8, 4) is 5.75 Å². The number of benzene rings is 1. The lowest BCUT2D eigenvalue weighted by Gasteiger charge is -2.12. The zero-order chi connectivity index (χ0) is 12.0. The number of nitrogens with one attached hydrogen (secondary N) is 1. The van der Waals surface area contributed by atoms with E-state index in [1.54, 1.807) is 7.11 Å². The van der Waals surface area contributed by atoms with Crippen molar-refractivity contribution >= 4 is 15.9 Å².